The molecule has 0 unspecified atom stereocenters. The lowest BCUT2D eigenvalue weighted by molar-refractivity contribution is -0.144. The third-order valence-corrected chi connectivity index (χ3v) is 2.71. The summed E-state index contributed by atoms with van der Waals surface area (Å²) in [5.74, 6) is -1.00. The molecule has 1 aliphatic heterocycles. The van der Waals surface area contributed by atoms with Crippen LogP contribution in [0.4, 0.5) is 0 Å². The van der Waals surface area contributed by atoms with E-state index in [4.69, 9.17) is 5.21 Å². The molecule has 84 valence electrons. The van der Waals surface area contributed by atoms with Gasteiger partial charge in [0.2, 0.25) is 17.8 Å². The second-order valence-electron chi connectivity index (χ2n) is 3.54. The van der Waals surface area contributed by atoms with Gasteiger partial charge in [0.05, 0.1) is 0 Å². The lowest BCUT2D eigenvalue weighted by Crippen LogP contribution is -2.62. The Morgan fingerprint density at radius 1 is 1.27 bits per heavy atom. The van der Waals surface area contributed by atoms with Gasteiger partial charge in [-0.1, -0.05) is 25.4 Å². The first-order valence-electron chi connectivity index (χ1n) is 4.95. The van der Waals surface area contributed by atoms with Gasteiger partial charge in [0.1, 0.15) is 5.41 Å². The Morgan fingerprint density at radius 3 is 2.13 bits per heavy atom. The van der Waals surface area contributed by atoms with Crippen molar-refractivity contribution in [3.05, 3.63) is 0 Å². The number of oxime groups is 1. The van der Waals surface area contributed by atoms with Crippen molar-refractivity contribution >= 4 is 17.8 Å². The van der Waals surface area contributed by atoms with Crippen molar-refractivity contribution in [2.75, 3.05) is 0 Å². The van der Waals surface area contributed by atoms with Crippen LogP contribution in [-0.4, -0.2) is 23.0 Å². The molecule has 0 aliphatic carbocycles. The van der Waals surface area contributed by atoms with E-state index < -0.39 is 17.2 Å². The van der Waals surface area contributed by atoms with Crippen LogP contribution in [0.5, 0.6) is 0 Å². The first-order chi connectivity index (χ1) is 7.10. The van der Waals surface area contributed by atoms with E-state index in [0.717, 1.165) is 6.42 Å². The molecule has 0 aromatic rings. The quantitative estimate of drug-likeness (QED) is 0.354. The summed E-state index contributed by atoms with van der Waals surface area (Å²) in [4.78, 5) is 23.5. The first-order valence-corrected chi connectivity index (χ1v) is 4.95. The van der Waals surface area contributed by atoms with Crippen LogP contribution in [0.1, 0.15) is 33.1 Å². The Balaban J connectivity index is 2.99. The maximum atomic E-state index is 11.8. The number of guanidine groups is 1. The summed E-state index contributed by atoms with van der Waals surface area (Å²) < 4.78 is 0. The minimum atomic E-state index is -1.02. The monoisotopic (exact) mass is 213 g/mol. The van der Waals surface area contributed by atoms with Gasteiger partial charge in [0.25, 0.3) is 0 Å². The van der Waals surface area contributed by atoms with Crippen molar-refractivity contribution < 1.29 is 14.8 Å². The van der Waals surface area contributed by atoms with Gasteiger partial charge in [-0.3, -0.25) is 20.2 Å². The van der Waals surface area contributed by atoms with E-state index in [0.29, 0.717) is 12.8 Å². The molecule has 0 bridgehead atoms. The number of hydrogen-bond acceptors (Lipinski definition) is 4. The molecular weight excluding hydrogens is 198 g/mol. The van der Waals surface area contributed by atoms with Crippen molar-refractivity contribution in [3.63, 3.8) is 0 Å². The molecule has 6 heteroatoms. The largest absolute Gasteiger partial charge is 0.408 e. The van der Waals surface area contributed by atoms with E-state index in [2.05, 4.69) is 15.8 Å². The van der Waals surface area contributed by atoms with Crippen LogP contribution in [0.15, 0.2) is 5.16 Å². The van der Waals surface area contributed by atoms with Crippen molar-refractivity contribution in [1.82, 2.24) is 10.6 Å². The SMILES string of the molecule is CCCC1(CC)C(=O)NC(=NO)NC1=O. The van der Waals surface area contributed by atoms with Crippen LogP contribution in [0.2, 0.25) is 0 Å². The molecular formula is C9H15N3O3. The van der Waals surface area contributed by atoms with Crippen LogP contribution in [0, 0.1) is 5.41 Å². The second kappa shape index (κ2) is 4.29. The highest BCUT2D eigenvalue weighted by Crippen LogP contribution is 2.30. The number of nitrogens with zero attached hydrogens (tertiary/aromatic N) is 1. The van der Waals surface area contributed by atoms with E-state index >= 15 is 0 Å². The topological polar surface area (TPSA) is 90.8 Å². The first kappa shape index (κ1) is 11.5. The summed E-state index contributed by atoms with van der Waals surface area (Å²) in [5, 5.41) is 15.9. The second-order valence-corrected chi connectivity index (χ2v) is 3.54. The Labute approximate surface area is 87.7 Å². The molecule has 0 aromatic carbocycles. The minimum Gasteiger partial charge on any atom is -0.408 e. The number of amides is 2. The number of nitrogens with one attached hydrogen (secondary N) is 2. The molecule has 3 N–H and O–H groups in total. The highest BCUT2D eigenvalue weighted by Gasteiger charge is 2.47. The Morgan fingerprint density at radius 2 is 1.80 bits per heavy atom. The maximum Gasteiger partial charge on any atom is 0.246 e. The van der Waals surface area contributed by atoms with Gasteiger partial charge in [-0.2, -0.15) is 0 Å². The highest BCUT2D eigenvalue weighted by atomic mass is 16.4. The lowest BCUT2D eigenvalue weighted by Gasteiger charge is -2.33. The minimum absolute atomic E-state index is 0.204. The number of carbonyl (C=O) groups excluding carboxylic acids is 2. The molecule has 15 heavy (non-hydrogen) atoms. The molecule has 0 saturated carbocycles. The zero-order chi connectivity index (χ0) is 11.5. The van der Waals surface area contributed by atoms with Crippen molar-refractivity contribution in [2.24, 2.45) is 10.6 Å². The van der Waals surface area contributed by atoms with Crippen molar-refractivity contribution in [3.8, 4) is 0 Å². The standard InChI is InChI=1S/C9H15N3O3/c1-3-5-9(4-2)6(13)10-8(12-15)11-7(9)14/h15H,3-5H2,1-2H3,(H2,10,11,12,13,14). The van der Waals surface area contributed by atoms with Gasteiger partial charge in [0.15, 0.2) is 0 Å². The molecule has 1 fully saturated rings. The molecule has 0 aromatic heterocycles. The number of rotatable bonds is 3. The predicted molar refractivity (Wildman–Crippen MR) is 53.1 cm³/mol. The number of carbonyl (C=O) groups is 2. The average molecular weight is 213 g/mol. The summed E-state index contributed by atoms with van der Waals surface area (Å²) in [7, 11) is 0. The average Bonchev–Trinajstić information content (AvgIpc) is 2.23. The van der Waals surface area contributed by atoms with Gasteiger partial charge >= 0.3 is 0 Å². The molecule has 0 radical (unpaired) electrons. The van der Waals surface area contributed by atoms with E-state index in [1.54, 1.807) is 6.92 Å². The van der Waals surface area contributed by atoms with Crippen molar-refractivity contribution in [2.45, 2.75) is 33.1 Å². The van der Waals surface area contributed by atoms with E-state index in [9.17, 15) is 9.59 Å². The molecule has 1 saturated heterocycles. The summed E-state index contributed by atoms with van der Waals surface area (Å²) >= 11 is 0. The molecule has 0 atom stereocenters. The van der Waals surface area contributed by atoms with Crippen molar-refractivity contribution in [1.29, 1.82) is 0 Å². The Hall–Kier alpha value is -1.59. The Bertz CT molecular complexity index is 292. The van der Waals surface area contributed by atoms with Crippen LogP contribution in [0.3, 0.4) is 0 Å². The summed E-state index contributed by atoms with van der Waals surface area (Å²) in [6, 6.07) is 0. The maximum absolute atomic E-state index is 11.8. The van der Waals surface area contributed by atoms with Gasteiger partial charge in [-0.25, -0.2) is 0 Å². The van der Waals surface area contributed by atoms with E-state index in [-0.39, 0.29) is 5.96 Å². The molecule has 2 amide bonds. The zero-order valence-electron chi connectivity index (χ0n) is 8.83. The molecule has 6 nitrogen and oxygen atoms in total. The van der Waals surface area contributed by atoms with Crippen LogP contribution < -0.4 is 10.6 Å². The molecule has 0 spiro atoms. The number of hydrogen-bond donors (Lipinski definition) is 3. The van der Waals surface area contributed by atoms with Crippen LogP contribution in [-0.2, 0) is 9.59 Å². The van der Waals surface area contributed by atoms with Crippen LogP contribution >= 0.6 is 0 Å². The summed E-state index contributed by atoms with van der Waals surface area (Å²) in [5.41, 5.74) is -1.02. The zero-order valence-corrected chi connectivity index (χ0v) is 8.83. The fraction of sp³-hybridized carbons (Fsp3) is 0.667. The summed E-state index contributed by atoms with van der Waals surface area (Å²) in [6.45, 7) is 3.70. The molecule has 1 aliphatic rings. The fourth-order valence-corrected chi connectivity index (χ4v) is 1.79. The van der Waals surface area contributed by atoms with E-state index in [1.807, 2.05) is 6.92 Å². The molecule has 1 heterocycles. The van der Waals surface area contributed by atoms with Crippen LogP contribution in [0.25, 0.3) is 0 Å². The normalized spacial score (nSPS) is 25.9. The smallest absolute Gasteiger partial charge is 0.246 e. The summed E-state index contributed by atoms with van der Waals surface area (Å²) in [6.07, 6.45) is 1.65. The fourth-order valence-electron chi connectivity index (χ4n) is 1.79. The lowest BCUT2D eigenvalue weighted by atomic mass is 9.78. The van der Waals surface area contributed by atoms with Gasteiger partial charge in [-0.05, 0) is 12.8 Å². The predicted octanol–water partition coefficient (Wildman–Crippen LogP) is 0.174. The van der Waals surface area contributed by atoms with Gasteiger partial charge < -0.3 is 5.21 Å². The highest BCUT2D eigenvalue weighted by molar-refractivity contribution is 6.20. The van der Waals surface area contributed by atoms with E-state index in [1.165, 1.54) is 0 Å². The van der Waals surface area contributed by atoms with Gasteiger partial charge in [0, 0.05) is 0 Å². The van der Waals surface area contributed by atoms with Gasteiger partial charge in [-0.15, -0.1) is 0 Å². The molecule has 1 rings (SSSR count). The third kappa shape index (κ3) is 1.79. The third-order valence-electron chi connectivity index (χ3n) is 2.71. The Kier molecular flexibility index (Phi) is 3.28.